The second kappa shape index (κ2) is 7.82. The molecule has 1 amide bonds. The highest BCUT2D eigenvalue weighted by Crippen LogP contribution is 2.27. The van der Waals surface area contributed by atoms with Crippen molar-refractivity contribution in [1.82, 2.24) is 5.32 Å². The lowest BCUT2D eigenvalue weighted by atomic mass is 10.1. The molecule has 0 saturated carbocycles. The van der Waals surface area contributed by atoms with Crippen molar-refractivity contribution in [2.45, 2.75) is 13.3 Å². The highest BCUT2D eigenvalue weighted by Gasteiger charge is 2.13. The van der Waals surface area contributed by atoms with Crippen LogP contribution in [0, 0.1) is 0 Å². The normalized spacial score (nSPS) is 10.4. The summed E-state index contributed by atoms with van der Waals surface area (Å²) in [5.41, 5.74) is 2.08. The minimum Gasteiger partial charge on any atom is -0.382 e. The zero-order valence-corrected chi connectivity index (χ0v) is 12.4. The highest BCUT2D eigenvalue weighted by molar-refractivity contribution is 7.12. The molecule has 1 aromatic carbocycles. The minimum absolute atomic E-state index is 0.00430. The molecule has 4 heteroatoms. The Morgan fingerprint density at radius 3 is 2.80 bits per heavy atom. The molecule has 0 aliphatic carbocycles. The average Bonchev–Trinajstić information content (AvgIpc) is 2.97. The molecule has 106 valence electrons. The van der Waals surface area contributed by atoms with Crippen LogP contribution in [0.1, 0.15) is 23.0 Å². The lowest BCUT2D eigenvalue weighted by Crippen LogP contribution is -2.24. The van der Waals surface area contributed by atoms with Crippen LogP contribution in [0.2, 0.25) is 0 Å². The Labute approximate surface area is 123 Å². The number of hydrogen-bond donors (Lipinski definition) is 1. The first kappa shape index (κ1) is 14.8. The van der Waals surface area contributed by atoms with Gasteiger partial charge in [-0.05, 0) is 30.4 Å². The standard InChI is InChI=1S/C16H19NO2S/c1-2-19-11-6-10-17-16(18)15-14(9-12-20-15)13-7-4-3-5-8-13/h3-5,7-9,12H,2,6,10-11H2,1H3,(H,17,18). The molecule has 20 heavy (non-hydrogen) atoms. The van der Waals surface area contributed by atoms with Gasteiger partial charge < -0.3 is 10.1 Å². The molecule has 1 heterocycles. The second-order valence-electron chi connectivity index (χ2n) is 4.34. The Morgan fingerprint density at radius 1 is 1.25 bits per heavy atom. The van der Waals surface area contributed by atoms with Crippen molar-refractivity contribution in [2.24, 2.45) is 0 Å². The van der Waals surface area contributed by atoms with E-state index in [1.54, 1.807) is 0 Å². The molecule has 0 unspecified atom stereocenters. The number of nitrogens with one attached hydrogen (secondary N) is 1. The Kier molecular flexibility index (Phi) is 5.77. The van der Waals surface area contributed by atoms with Crippen LogP contribution in [-0.2, 0) is 4.74 Å². The predicted molar refractivity (Wildman–Crippen MR) is 83.2 cm³/mol. The van der Waals surface area contributed by atoms with Gasteiger partial charge in [0.2, 0.25) is 0 Å². The van der Waals surface area contributed by atoms with Gasteiger partial charge in [0, 0.05) is 25.3 Å². The van der Waals surface area contributed by atoms with Gasteiger partial charge in [-0.2, -0.15) is 0 Å². The largest absolute Gasteiger partial charge is 0.382 e. The Morgan fingerprint density at radius 2 is 2.05 bits per heavy atom. The van der Waals surface area contributed by atoms with E-state index in [-0.39, 0.29) is 5.91 Å². The quantitative estimate of drug-likeness (QED) is 0.791. The summed E-state index contributed by atoms with van der Waals surface area (Å²) in [5.74, 6) is -0.00430. The maximum Gasteiger partial charge on any atom is 0.261 e. The van der Waals surface area contributed by atoms with Crippen LogP contribution in [0.15, 0.2) is 41.8 Å². The molecule has 0 spiro atoms. The summed E-state index contributed by atoms with van der Waals surface area (Å²) < 4.78 is 5.25. The summed E-state index contributed by atoms with van der Waals surface area (Å²) in [7, 11) is 0. The lowest BCUT2D eigenvalue weighted by Gasteiger charge is -2.06. The summed E-state index contributed by atoms with van der Waals surface area (Å²) in [6, 6.07) is 12.0. The molecular weight excluding hydrogens is 270 g/mol. The first-order chi connectivity index (χ1) is 9.83. The fourth-order valence-electron chi connectivity index (χ4n) is 1.93. The number of carbonyl (C=O) groups is 1. The molecule has 0 atom stereocenters. The van der Waals surface area contributed by atoms with Crippen LogP contribution in [0.25, 0.3) is 11.1 Å². The van der Waals surface area contributed by atoms with Crippen molar-refractivity contribution in [3.8, 4) is 11.1 Å². The van der Waals surface area contributed by atoms with Gasteiger partial charge in [0.1, 0.15) is 0 Å². The maximum atomic E-state index is 12.2. The third-order valence-corrected chi connectivity index (χ3v) is 3.82. The van der Waals surface area contributed by atoms with Gasteiger partial charge in [0.05, 0.1) is 4.88 Å². The molecule has 0 radical (unpaired) electrons. The summed E-state index contributed by atoms with van der Waals surface area (Å²) in [6.07, 6.45) is 0.839. The van der Waals surface area contributed by atoms with Crippen LogP contribution >= 0.6 is 11.3 Å². The Balaban J connectivity index is 1.96. The third kappa shape index (κ3) is 3.92. The van der Waals surface area contributed by atoms with E-state index in [2.05, 4.69) is 5.32 Å². The van der Waals surface area contributed by atoms with Gasteiger partial charge >= 0.3 is 0 Å². The van der Waals surface area contributed by atoms with Crippen LogP contribution in [-0.4, -0.2) is 25.7 Å². The van der Waals surface area contributed by atoms with Crippen molar-refractivity contribution in [1.29, 1.82) is 0 Å². The number of rotatable bonds is 7. The first-order valence-electron chi connectivity index (χ1n) is 6.81. The van der Waals surface area contributed by atoms with E-state index >= 15 is 0 Å². The van der Waals surface area contributed by atoms with E-state index in [1.807, 2.05) is 48.7 Å². The van der Waals surface area contributed by atoms with E-state index in [4.69, 9.17) is 4.74 Å². The SMILES string of the molecule is CCOCCCNC(=O)c1sccc1-c1ccccc1. The molecule has 0 aliphatic heterocycles. The average molecular weight is 289 g/mol. The van der Waals surface area contributed by atoms with E-state index < -0.39 is 0 Å². The zero-order chi connectivity index (χ0) is 14.2. The fourth-order valence-corrected chi connectivity index (χ4v) is 2.76. The van der Waals surface area contributed by atoms with E-state index in [0.717, 1.165) is 29.0 Å². The summed E-state index contributed by atoms with van der Waals surface area (Å²) in [4.78, 5) is 13.0. The molecule has 1 aromatic heterocycles. The van der Waals surface area contributed by atoms with E-state index in [0.29, 0.717) is 13.2 Å². The van der Waals surface area contributed by atoms with Gasteiger partial charge in [-0.1, -0.05) is 30.3 Å². The topological polar surface area (TPSA) is 38.3 Å². The number of amides is 1. The fraction of sp³-hybridized carbons (Fsp3) is 0.312. The van der Waals surface area contributed by atoms with Gasteiger partial charge in [0.15, 0.2) is 0 Å². The number of thiophene rings is 1. The van der Waals surface area contributed by atoms with Crippen molar-refractivity contribution < 1.29 is 9.53 Å². The third-order valence-electron chi connectivity index (χ3n) is 2.91. The summed E-state index contributed by atoms with van der Waals surface area (Å²) in [6.45, 7) is 4.02. The molecule has 1 N–H and O–H groups in total. The van der Waals surface area contributed by atoms with Crippen molar-refractivity contribution >= 4 is 17.2 Å². The Hall–Kier alpha value is -1.65. The zero-order valence-electron chi connectivity index (χ0n) is 11.6. The first-order valence-corrected chi connectivity index (χ1v) is 7.69. The monoisotopic (exact) mass is 289 g/mol. The predicted octanol–water partition coefficient (Wildman–Crippen LogP) is 3.57. The Bertz CT molecular complexity index is 536. The summed E-state index contributed by atoms with van der Waals surface area (Å²) >= 11 is 1.48. The molecule has 0 fully saturated rings. The maximum absolute atomic E-state index is 12.2. The van der Waals surface area contributed by atoms with Crippen LogP contribution in [0.5, 0.6) is 0 Å². The number of benzene rings is 1. The van der Waals surface area contributed by atoms with E-state index in [9.17, 15) is 4.79 Å². The van der Waals surface area contributed by atoms with Crippen molar-refractivity contribution in [3.05, 3.63) is 46.7 Å². The lowest BCUT2D eigenvalue weighted by molar-refractivity contribution is 0.0949. The van der Waals surface area contributed by atoms with Crippen molar-refractivity contribution in [2.75, 3.05) is 19.8 Å². The molecule has 0 bridgehead atoms. The smallest absolute Gasteiger partial charge is 0.261 e. The van der Waals surface area contributed by atoms with Crippen LogP contribution < -0.4 is 5.32 Å². The molecule has 2 aromatic rings. The van der Waals surface area contributed by atoms with Gasteiger partial charge in [0.25, 0.3) is 5.91 Å². The highest BCUT2D eigenvalue weighted by atomic mass is 32.1. The molecule has 2 rings (SSSR count). The number of ether oxygens (including phenoxy) is 1. The molecular formula is C16H19NO2S. The second-order valence-corrected chi connectivity index (χ2v) is 5.25. The van der Waals surface area contributed by atoms with Crippen molar-refractivity contribution in [3.63, 3.8) is 0 Å². The van der Waals surface area contributed by atoms with Crippen LogP contribution in [0.4, 0.5) is 0 Å². The summed E-state index contributed by atoms with van der Waals surface area (Å²) in [5, 5.41) is 4.90. The molecule has 3 nitrogen and oxygen atoms in total. The van der Waals surface area contributed by atoms with Gasteiger partial charge in [-0.15, -0.1) is 11.3 Å². The van der Waals surface area contributed by atoms with E-state index in [1.165, 1.54) is 11.3 Å². The number of carbonyl (C=O) groups excluding carboxylic acids is 1. The molecule has 0 saturated heterocycles. The minimum atomic E-state index is -0.00430. The van der Waals surface area contributed by atoms with Gasteiger partial charge in [-0.25, -0.2) is 0 Å². The van der Waals surface area contributed by atoms with Gasteiger partial charge in [-0.3, -0.25) is 4.79 Å². The molecule has 0 aliphatic rings. The van der Waals surface area contributed by atoms with Crippen LogP contribution in [0.3, 0.4) is 0 Å². The number of hydrogen-bond acceptors (Lipinski definition) is 3.